The molecule has 2 rings (SSSR count). The van der Waals surface area contributed by atoms with Gasteiger partial charge in [0.1, 0.15) is 5.82 Å². The normalized spacial score (nSPS) is 19.7. The summed E-state index contributed by atoms with van der Waals surface area (Å²) < 4.78 is 14.0. The zero-order valence-electron chi connectivity index (χ0n) is 9.00. The van der Waals surface area contributed by atoms with Gasteiger partial charge in [-0.05, 0) is 29.0 Å². The van der Waals surface area contributed by atoms with Crippen molar-refractivity contribution in [2.75, 3.05) is 0 Å². The Morgan fingerprint density at radius 2 is 1.87 bits per heavy atom. The van der Waals surface area contributed by atoms with E-state index >= 15 is 0 Å². The standard InChI is InChI=1S/C12H15FNO/c1-12(2)8-7-11(14(12)15)9-3-5-10(13)6-4-9/h3-6,15H,7-8H2,1-2H3/q+1. The summed E-state index contributed by atoms with van der Waals surface area (Å²) in [5.41, 5.74) is 1.55. The monoisotopic (exact) mass is 208 g/mol. The van der Waals surface area contributed by atoms with E-state index in [1.54, 1.807) is 12.1 Å². The number of nitrogens with zero attached hydrogens (tertiary/aromatic N) is 1. The average Bonchev–Trinajstić information content (AvgIpc) is 2.45. The third kappa shape index (κ3) is 1.74. The minimum Gasteiger partial charge on any atom is -0.290 e. The fourth-order valence-electron chi connectivity index (χ4n) is 1.91. The molecule has 1 aliphatic heterocycles. The van der Waals surface area contributed by atoms with Crippen LogP contribution in [0.3, 0.4) is 0 Å². The SMILES string of the molecule is CC1(C)CCC(c2ccc(F)cc2)=[N+]1O. The number of hydrogen-bond donors (Lipinski definition) is 1. The highest BCUT2D eigenvalue weighted by Crippen LogP contribution is 2.25. The van der Waals surface area contributed by atoms with E-state index in [1.807, 2.05) is 13.8 Å². The van der Waals surface area contributed by atoms with Crippen LogP contribution in [0.25, 0.3) is 0 Å². The van der Waals surface area contributed by atoms with Crippen molar-refractivity contribution in [3.8, 4) is 0 Å². The second-order valence-electron chi connectivity index (χ2n) is 4.58. The Hall–Kier alpha value is -1.38. The Balaban J connectivity index is 2.41. The summed E-state index contributed by atoms with van der Waals surface area (Å²) in [6.45, 7) is 3.98. The van der Waals surface area contributed by atoms with Gasteiger partial charge in [-0.2, -0.15) is 0 Å². The van der Waals surface area contributed by atoms with Crippen LogP contribution in [0.15, 0.2) is 24.3 Å². The highest BCUT2D eigenvalue weighted by atomic mass is 19.1. The van der Waals surface area contributed by atoms with Gasteiger partial charge in [-0.3, -0.25) is 5.21 Å². The molecule has 0 radical (unpaired) electrons. The molecule has 0 saturated carbocycles. The molecule has 0 fully saturated rings. The van der Waals surface area contributed by atoms with Crippen LogP contribution < -0.4 is 0 Å². The quantitative estimate of drug-likeness (QED) is 0.556. The smallest absolute Gasteiger partial charge is 0.235 e. The molecular formula is C12H15FNO+. The third-order valence-electron chi connectivity index (χ3n) is 2.98. The first-order valence-corrected chi connectivity index (χ1v) is 5.11. The summed E-state index contributed by atoms with van der Waals surface area (Å²) in [6.07, 6.45) is 1.74. The van der Waals surface area contributed by atoms with Gasteiger partial charge in [0.05, 0.1) is 0 Å². The van der Waals surface area contributed by atoms with E-state index in [4.69, 9.17) is 0 Å². The maximum absolute atomic E-state index is 12.7. The van der Waals surface area contributed by atoms with Gasteiger partial charge in [0, 0.05) is 32.3 Å². The van der Waals surface area contributed by atoms with Crippen LogP contribution in [0.4, 0.5) is 4.39 Å². The zero-order chi connectivity index (χ0) is 11.1. The molecular weight excluding hydrogens is 193 g/mol. The summed E-state index contributed by atoms with van der Waals surface area (Å²) in [7, 11) is 0. The summed E-state index contributed by atoms with van der Waals surface area (Å²) in [5, 5.41) is 9.94. The van der Waals surface area contributed by atoms with Crippen LogP contribution in [0, 0.1) is 5.82 Å². The van der Waals surface area contributed by atoms with Gasteiger partial charge >= 0.3 is 0 Å². The van der Waals surface area contributed by atoms with Crippen LogP contribution in [0.1, 0.15) is 32.3 Å². The van der Waals surface area contributed by atoms with Crippen molar-refractivity contribution < 1.29 is 14.3 Å². The molecule has 1 N–H and O–H groups in total. The number of halogens is 1. The van der Waals surface area contributed by atoms with Crippen LogP contribution in [-0.4, -0.2) is 21.2 Å². The molecule has 3 heteroatoms. The van der Waals surface area contributed by atoms with Gasteiger partial charge in [-0.25, -0.2) is 4.39 Å². The lowest BCUT2D eigenvalue weighted by molar-refractivity contribution is -0.816. The Bertz CT molecular complexity index is 406. The number of hydroxylamine groups is 1. The summed E-state index contributed by atoms with van der Waals surface area (Å²) >= 11 is 0. The van der Waals surface area contributed by atoms with Gasteiger partial charge < -0.3 is 0 Å². The zero-order valence-corrected chi connectivity index (χ0v) is 9.00. The second kappa shape index (κ2) is 3.33. The van der Waals surface area contributed by atoms with E-state index < -0.39 is 0 Å². The minimum absolute atomic E-state index is 0.219. The van der Waals surface area contributed by atoms with Crippen molar-refractivity contribution in [1.29, 1.82) is 0 Å². The van der Waals surface area contributed by atoms with Crippen molar-refractivity contribution in [3.05, 3.63) is 35.6 Å². The van der Waals surface area contributed by atoms with Gasteiger partial charge in [0.2, 0.25) is 11.3 Å². The Kier molecular flexibility index (Phi) is 2.25. The summed E-state index contributed by atoms with van der Waals surface area (Å²) in [6, 6.07) is 6.24. The largest absolute Gasteiger partial charge is 0.290 e. The average molecular weight is 208 g/mol. The molecule has 0 aliphatic carbocycles. The molecule has 0 amide bonds. The van der Waals surface area contributed by atoms with Crippen molar-refractivity contribution in [2.45, 2.75) is 32.2 Å². The molecule has 0 aromatic heterocycles. The molecule has 1 aliphatic rings. The second-order valence-corrected chi connectivity index (χ2v) is 4.58. The van der Waals surface area contributed by atoms with Crippen molar-refractivity contribution >= 4 is 5.71 Å². The Labute approximate surface area is 88.6 Å². The summed E-state index contributed by atoms with van der Waals surface area (Å²) in [4.78, 5) is 0. The van der Waals surface area contributed by atoms with Crippen LogP contribution in [-0.2, 0) is 0 Å². The lowest BCUT2D eigenvalue weighted by Gasteiger charge is -2.08. The Morgan fingerprint density at radius 3 is 2.33 bits per heavy atom. The number of rotatable bonds is 1. The maximum Gasteiger partial charge on any atom is 0.235 e. The predicted molar refractivity (Wildman–Crippen MR) is 55.9 cm³/mol. The molecule has 0 atom stereocenters. The number of benzene rings is 1. The minimum atomic E-state index is -0.249. The molecule has 1 aromatic carbocycles. The first-order valence-electron chi connectivity index (χ1n) is 5.11. The molecule has 2 nitrogen and oxygen atoms in total. The van der Waals surface area contributed by atoms with Gasteiger partial charge in [-0.15, -0.1) is 0 Å². The lowest BCUT2D eigenvalue weighted by Crippen LogP contribution is -2.31. The topological polar surface area (TPSA) is 23.2 Å². The molecule has 80 valence electrons. The molecule has 1 aromatic rings. The van der Waals surface area contributed by atoms with Crippen LogP contribution in [0.2, 0.25) is 0 Å². The third-order valence-corrected chi connectivity index (χ3v) is 2.98. The van der Waals surface area contributed by atoms with Gasteiger partial charge in [0.15, 0.2) is 0 Å². The van der Waals surface area contributed by atoms with E-state index in [1.165, 1.54) is 16.9 Å². The van der Waals surface area contributed by atoms with E-state index in [0.29, 0.717) is 0 Å². The first-order chi connectivity index (χ1) is 7.00. The fourth-order valence-corrected chi connectivity index (χ4v) is 1.91. The van der Waals surface area contributed by atoms with Crippen molar-refractivity contribution in [2.24, 2.45) is 0 Å². The molecule has 15 heavy (non-hydrogen) atoms. The van der Waals surface area contributed by atoms with E-state index in [0.717, 1.165) is 24.1 Å². The number of hydrogen-bond acceptors (Lipinski definition) is 1. The summed E-state index contributed by atoms with van der Waals surface area (Å²) in [5.74, 6) is -0.249. The van der Waals surface area contributed by atoms with Crippen molar-refractivity contribution in [1.82, 2.24) is 0 Å². The maximum atomic E-state index is 12.7. The molecule has 0 saturated heterocycles. The molecule has 0 bridgehead atoms. The van der Waals surface area contributed by atoms with Crippen molar-refractivity contribution in [3.63, 3.8) is 0 Å². The van der Waals surface area contributed by atoms with Gasteiger partial charge in [0.25, 0.3) is 0 Å². The van der Waals surface area contributed by atoms with Crippen LogP contribution in [0.5, 0.6) is 0 Å². The predicted octanol–water partition coefficient (Wildman–Crippen LogP) is 2.59. The lowest BCUT2D eigenvalue weighted by atomic mass is 10.0. The van der Waals surface area contributed by atoms with E-state index in [-0.39, 0.29) is 11.4 Å². The van der Waals surface area contributed by atoms with E-state index in [9.17, 15) is 9.60 Å². The molecule has 0 spiro atoms. The molecule has 0 unspecified atom stereocenters. The first kappa shape index (κ1) is 10.1. The highest BCUT2D eigenvalue weighted by Gasteiger charge is 2.41. The highest BCUT2D eigenvalue weighted by molar-refractivity contribution is 5.97. The van der Waals surface area contributed by atoms with Gasteiger partial charge in [-0.1, -0.05) is 0 Å². The fraction of sp³-hybridized carbons (Fsp3) is 0.417. The Morgan fingerprint density at radius 1 is 1.27 bits per heavy atom. The molecule has 1 heterocycles. The van der Waals surface area contributed by atoms with E-state index in [2.05, 4.69) is 0 Å². The van der Waals surface area contributed by atoms with Crippen LogP contribution >= 0.6 is 0 Å².